The van der Waals surface area contributed by atoms with Crippen molar-refractivity contribution < 1.29 is 17.9 Å². The van der Waals surface area contributed by atoms with E-state index in [2.05, 4.69) is 5.32 Å². The van der Waals surface area contributed by atoms with Crippen molar-refractivity contribution in [2.24, 2.45) is 5.92 Å². The van der Waals surface area contributed by atoms with Crippen molar-refractivity contribution in [3.05, 3.63) is 65.7 Å². The van der Waals surface area contributed by atoms with Crippen LogP contribution in [0.25, 0.3) is 0 Å². The lowest BCUT2D eigenvalue weighted by molar-refractivity contribution is -0.126. The topological polar surface area (TPSA) is 75.7 Å². The molecule has 1 unspecified atom stereocenters. The van der Waals surface area contributed by atoms with Gasteiger partial charge in [-0.25, -0.2) is 12.7 Å². The van der Waals surface area contributed by atoms with Crippen LogP contribution in [0.5, 0.6) is 5.75 Å². The normalized spacial score (nSPS) is 17.6. The minimum Gasteiger partial charge on any atom is -0.489 e. The summed E-state index contributed by atoms with van der Waals surface area (Å²) in [6.07, 6.45) is 3.36. The maximum absolute atomic E-state index is 12.4. The quantitative estimate of drug-likeness (QED) is 0.718. The van der Waals surface area contributed by atoms with Gasteiger partial charge in [0, 0.05) is 19.6 Å². The lowest BCUT2D eigenvalue weighted by Gasteiger charge is -2.30. The fraction of sp³-hybridized carbons (Fsp3) is 0.409. The summed E-state index contributed by atoms with van der Waals surface area (Å²) in [6.45, 7) is 1.83. The number of ether oxygens (including phenoxy) is 1. The van der Waals surface area contributed by atoms with Crippen molar-refractivity contribution >= 4 is 15.9 Å². The second kappa shape index (κ2) is 9.89. The molecule has 2 aromatic carbocycles. The van der Waals surface area contributed by atoms with E-state index in [9.17, 15) is 13.2 Å². The van der Waals surface area contributed by atoms with Gasteiger partial charge in [0.1, 0.15) is 12.4 Å². The summed E-state index contributed by atoms with van der Waals surface area (Å²) in [7, 11) is -3.24. The number of amides is 1. The molecule has 1 fully saturated rings. The van der Waals surface area contributed by atoms with E-state index in [1.54, 1.807) is 0 Å². The molecule has 0 spiro atoms. The van der Waals surface area contributed by atoms with E-state index in [1.807, 2.05) is 54.6 Å². The SMILES string of the molecule is CS(=O)(=O)N1CCCC(C(=O)NCCc2ccc(OCc3ccccc3)cc2)C1. The second-order valence-electron chi connectivity index (χ2n) is 7.42. The highest BCUT2D eigenvalue weighted by Crippen LogP contribution is 2.19. The molecule has 1 N–H and O–H groups in total. The third kappa shape index (κ3) is 6.58. The van der Waals surface area contributed by atoms with Gasteiger partial charge in [-0.3, -0.25) is 4.79 Å². The third-order valence-corrected chi connectivity index (χ3v) is 6.38. The molecule has 0 bridgehead atoms. The van der Waals surface area contributed by atoms with Gasteiger partial charge in [0.25, 0.3) is 0 Å². The van der Waals surface area contributed by atoms with Crippen LogP contribution >= 0.6 is 0 Å². The van der Waals surface area contributed by atoms with Gasteiger partial charge >= 0.3 is 0 Å². The summed E-state index contributed by atoms with van der Waals surface area (Å²) < 4.78 is 30.6. The Bertz CT molecular complexity index is 898. The molecular weight excluding hydrogens is 388 g/mol. The zero-order chi connectivity index (χ0) is 20.7. The van der Waals surface area contributed by atoms with Crippen molar-refractivity contribution in [3.63, 3.8) is 0 Å². The summed E-state index contributed by atoms with van der Waals surface area (Å²) in [6, 6.07) is 17.9. The van der Waals surface area contributed by atoms with Crippen molar-refractivity contribution in [1.29, 1.82) is 0 Å². The second-order valence-corrected chi connectivity index (χ2v) is 9.40. The number of piperidine rings is 1. The summed E-state index contributed by atoms with van der Waals surface area (Å²) in [5, 5.41) is 2.94. The maximum atomic E-state index is 12.4. The monoisotopic (exact) mass is 416 g/mol. The largest absolute Gasteiger partial charge is 0.489 e. The van der Waals surface area contributed by atoms with Crippen molar-refractivity contribution in [1.82, 2.24) is 9.62 Å². The molecule has 0 radical (unpaired) electrons. The molecule has 1 amide bonds. The molecule has 3 rings (SSSR count). The van der Waals surface area contributed by atoms with E-state index in [1.165, 1.54) is 10.6 Å². The predicted octanol–water partition coefficient (Wildman–Crippen LogP) is 2.60. The van der Waals surface area contributed by atoms with Crippen LogP contribution in [0.15, 0.2) is 54.6 Å². The van der Waals surface area contributed by atoms with Gasteiger partial charge in [0.05, 0.1) is 12.2 Å². The Kier molecular flexibility index (Phi) is 7.28. The van der Waals surface area contributed by atoms with Crippen LogP contribution in [0.3, 0.4) is 0 Å². The van der Waals surface area contributed by atoms with Gasteiger partial charge in [0.15, 0.2) is 0 Å². The first-order valence-electron chi connectivity index (χ1n) is 9.90. The highest BCUT2D eigenvalue weighted by atomic mass is 32.2. The van der Waals surface area contributed by atoms with E-state index < -0.39 is 10.0 Å². The first kappa shape index (κ1) is 21.3. The number of carbonyl (C=O) groups is 1. The Balaban J connectivity index is 1.41. The summed E-state index contributed by atoms with van der Waals surface area (Å²) in [4.78, 5) is 12.4. The zero-order valence-electron chi connectivity index (χ0n) is 16.7. The lowest BCUT2D eigenvalue weighted by Crippen LogP contribution is -2.45. The molecule has 0 aromatic heterocycles. The zero-order valence-corrected chi connectivity index (χ0v) is 17.5. The van der Waals surface area contributed by atoms with E-state index in [0.29, 0.717) is 26.1 Å². The standard InChI is InChI=1S/C22H28N2O4S/c1-29(26,27)24-15-5-8-20(16-24)22(25)23-14-13-18-9-11-21(12-10-18)28-17-19-6-3-2-4-7-19/h2-4,6-7,9-12,20H,5,8,13-17H2,1H3,(H,23,25). The molecule has 29 heavy (non-hydrogen) atoms. The van der Waals surface area contributed by atoms with E-state index in [-0.39, 0.29) is 18.4 Å². The molecule has 0 aliphatic carbocycles. The fourth-order valence-corrected chi connectivity index (χ4v) is 4.34. The minimum atomic E-state index is -3.24. The molecule has 1 aliphatic heterocycles. The van der Waals surface area contributed by atoms with Crippen LogP contribution in [0.4, 0.5) is 0 Å². The van der Waals surface area contributed by atoms with Crippen LogP contribution in [0.1, 0.15) is 24.0 Å². The number of rotatable bonds is 8. The Morgan fingerprint density at radius 2 is 1.83 bits per heavy atom. The average molecular weight is 417 g/mol. The van der Waals surface area contributed by atoms with E-state index in [4.69, 9.17) is 4.74 Å². The molecule has 7 heteroatoms. The van der Waals surface area contributed by atoms with Gasteiger partial charge in [-0.05, 0) is 42.5 Å². The minimum absolute atomic E-state index is 0.0684. The third-order valence-electron chi connectivity index (χ3n) is 5.11. The summed E-state index contributed by atoms with van der Waals surface area (Å²) in [5.41, 5.74) is 2.23. The average Bonchev–Trinajstić information content (AvgIpc) is 2.73. The number of nitrogens with one attached hydrogen (secondary N) is 1. The maximum Gasteiger partial charge on any atom is 0.224 e. The molecule has 1 saturated heterocycles. The summed E-state index contributed by atoms with van der Waals surface area (Å²) >= 11 is 0. The van der Waals surface area contributed by atoms with Crippen LogP contribution < -0.4 is 10.1 Å². The van der Waals surface area contributed by atoms with Crippen LogP contribution in [0.2, 0.25) is 0 Å². The molecular formula is C22H28N2O4S. The van der Waals surface area contributed by atoms with Gasteiger partial charge < -0.3 is 10.1 Å². The first-order valence-corrected chi connectivity index (χ1v) is 11.7. The highest BCUT2D eigenvalue weighted by molar-refractivity contribution is 7.88. The number of hydrogen-bond acceptors (Lipinski definition) is 4. The lowest BCUT2D eigenvalue weighted by atomic mass is 9.99. The van der Waals surface area contributed by atoms with Gasteiger partial charge in [-0.2, -0.15) is 0 Å². The van der Waals surface area contributed by atoms with E-state index in [0.717, 1.165) is 29.7 Å². The molecule has 0 saturated carbocycles. The Morgan fingerprint density at radius 3 is 2.52 bits per heavy atom. The highest BCUT2D eigenvalue weighted by Gasteiger charge is 2.29. The van der Waals surface area contributed by atoms with Gasteiger partial charge in [-0.1, -0.05) is 42.5 Å². The molecule has 6 nitrogen and oxygen atoms in total. The van der Waals surface area contributed by atoms with Crippen LogP contribution in [0, 0.1) is 5.92 Å². The van der Waals surface area contributed by atoms with E-state index >= 15 is 0 Å². The number of benzene rings is 2. The molecule has 1 atom stereocenters. The fourth-order valence-electron chi connectivity index (χ4n) is 3.43. The van der Waals surface area contributed by atoms with Gasteiger partial charge in [0.2, 0.25) is 15.9 Å². The molecule has 156 valence electrons. The number of hydrogen-bond donors (Lipinski definition) is 1. The van der Waals surface area contributed by atoms with Crippen molar-refractivity contribution in [3.8, 4) is 5.75 Å². The Hall–Kier alpha value is -2.38. The number of carbonyl (C=O) groups excluding carboxylic acids is 1. The molecule has 1 aliphatic rings. The van der Waals surface area contributed by atoms with Crippen LogP contribution in [-0.4, -0.2) is 44.5 Å². The predicted molar refractivity (Wildman–Crippen MR) is 113 cm³/mol. The number of nitrogens with zero attached hydrogens (tertiary/aromatic N) is 1. The Labute approximate surface area is 172 Å². The molecule has 2 aromatic rings. The van der Waals surface area contributed by atoms with Gasteiger partial charge in [-0.15, -0.1) is 0 Å². The first-order chi connectivity index (χ1) is 13.9. The van der Waals surface area contributed by atoms with Crippen LogP contribution in [-0.2, 0) is 27.8 Å². The molecule has 1 heterocycles. The Morgan fingerprint density at radius 1 is 1.10 bits per heavy atom. The summed E-state index contributed by atoms with van der Waals surface area (Å²) in [5.74, 6) is 0.470. The van der Waals surface area contributed by atoms with Crippen molar-refractivity contribution in [2.45, 2.75) is 25.9 Å². The van der Waals surface area contributed by atoms with Crippen molar-refractivity contribution in [2.75, 3.05) is 25.9 Å². The number of sulfonamides is 1. The smallest absolute Gasteiger partial charge is 0.224 e.